The molecule has 5 nitrogen and oxygen atoms in total. The fourth-order valence-electron chi connectivity index (χ4n) is 2.80. The lowest BCUT2D eigenvalue weighted by molar-refractivity contribution is -0.139. The van der Waals surface area contributed by atoms with Crippen LogP contribution < -0.4 is 4.74 Å². The van der Waals surface area contributed by atoms with Crippen LogP contribution in [0.2, 0.25) is 0 Å². The zero-order chi connectivity index (χ0) is 21.3. The third kappa shape index (κ3) is 6.47. The fraction of sp³-hybridized carbons (Fsp3) is 0.167. The van der Waals surface area contributed by atoms with E-state index in [0.717, 1.165) is 27.5 Å². The van der Waals surface area contributed by atoms with E-state index in [0.29, 0.717) is 11.3 Å². The topological polar surface area (TPSA) is 90.6 Å². The Morgan fingerprint density at radius 2 is 1.63 bits per heavy atom. The van der Waals surface area contributed by atoms with Crippen LogP contribution in [-0.4, -0.2) is 28.5 Å². The molecule has 0 radical (unpaired) electrons. The van der Waals surface area contributed by atoms with Gasteiger partial charge >= 0.3 is 5.97 Å². The van der Waals surface area contributed by atoms with E-state index in [2.05, 4.69) is 0 Å². The van der Waals surface area contributed by atoms with E-state index in [9.17, 15) is 9.90 Å². The average Bonchev–Trinajstić information content (AvgIpc) is 2.77. The highest BCUT2D eigenvalue weighted by molar-refractivity contribution is 7.98. The average molecular weight is 422 g/mol. The molecule has 30 heavy (non-hydrogen) atoms. The summed E-state index contributed by atoms with van der Waals surface area (Å²) >= 11 is 1.66. The lowest BCUT2D eigenvalue weighted by Crippen LogP contribution is -2.11. The minimum absolute atomic E-state index is 0.220. The van der Waals surface area contributed by atoms with Crippen LogP contribution in [0.5, 0.6) is 5.75 Å². The Morgan fingerprint density at radius 3 is 2.27 bits per heavy atom. The number of hydrogen-bond acceptors (Lipinski definition) is 5. The van der Waals surface area contributed by atoms with Gasteiger partial charge < -0.3 is 20.4 Å². The van der Waals surface area contributed by atoms with E-state index in [1.54, 1.807) is 23.9 Å². The van der Waals surface area contributed by atoms with E-state index >= 15 is 0 Å². The third-order valence-electron chi connectivity index (χ3n) is 4.47. The van der Waals surface area contributed by atoms with Crippen molar-refractivity contribution >= 4 is 23.4 Å². The molecule has 1 unspecified atom stereocenters. The summed E-state index contributed by atoms with van der Waals surface area (Å²) in [6.45, 7) is 0.220. The zero-order valence-corrected chi connectivity index (χ0v) is 17.1. The van der Waals surface area contributed by atoms with E-state index < -0.39 is 12.1 Å². The number of carbonyl (C=O) groups is 1. The first-order chi connectivity index (χ1) is 14.5. The van der Waals surface area contributed by atoms with Crippen molar-refractivity contribution in [2.75, 3.05) is 6.61 Å². The molecule has 3 rings (SSSR count). The van der Waals surface area contributed by atoms with Crippen LogP contribution >= 0.6 is 11.8 Å². The van der Waals surface area contributed by atoms with Crippen LogP contribution in [-0.2, 0) is 10.5 Å². The molecular weight excluding hydrogens is 398 g/mol. The smallest absolute Gasteiger partial charge is 0.306 e. The van der Waals surface area contributed by atoms with Crippen LogP contribution in [0.1, 0.15) is 29.2 Å². The molecule has 0 aromatic heterocycles. The van der Waals surface area contributed by atoms with Crippen LogP contribution in [0.3, 0.4) is 0 Å². The molecule has 0 amide bonds. The number of benzene rings is 3. The van der Waals surface area contributed by atoms with Crippen LogP contribution in [0.4, 0.5) is 0 Å². The van der Waals surface area contributed by atoms with Gasteiger partial charge in [-0.1, -0.05) is 54.6 Å². The summed E-state index contributed by atoms with van der Waals surface area (Å²) in [5, 5.41) is 26.7. The summed E-state index contributed by atoms with van der Waals surface area (Å²) in [6.07, 6.45) is -1.29. The zero-order valence-electron chi connectivity index (χ0n) is 16.3. The molecule has 0 aliphatic heterocycles. The number of carboxylic acid groups (broad SMARTS) is 1. The number of ether oxygens (including phenoxy) is 1. The Balaban J connectivity index is 1.47. The lowest BCUT2D eigenvalue weighted by atomic mass is 10.1. The second kappa shape index (κ2) is 10.6. The van der Waals surface area contributed by atoms with Crippen molar-refractivity contribution in [1.29, 1.82) is 5.41 Å². The largest absolute Gasteiger partial charge is 0.487 e. The summed E-state index contributed by atoms with van der Waals surface area (Å²) in [6, 6.07) is 24.6. The SMILES string of the molecule is N=C(COc1ccc(CSc2ccc(C(O)CC(=O)O)cc2)cc1)c1ccccc1. The highest BCUT2D eigenvalue weighted by Crippen LogP contribution is 2.26. The molecule has 0 aliphatic carbocycles. The number of thioether (sulfide) groups is 1. The van der Waals surface area contributed by atoms with Crippen molar-refractivity contribution in [2.24, 2.45) is 0 Å². The fourth-order valence-corrected chi connectivity index (χ4v) is 3.65. The van der Waals surface area contributed by atoms with Gasteiger partial charge in [0.15, 0.2) is 0 Å². The van der Waals surface area contributed by atoms with Crippen molar-refractivity contribution in [3.63, 3.8) is 0 Å². The minimum Gasteiger partial charge on any atom is -0.487 e. The summed E-state index contributed by atoms with van der Waals surface area (Å²) in [5.41, 5.74) is 3.03. The number of nitrogens with one attached hydrogen (secondary N) is 1. The first kappa shape index (κ1) is 21.6. The van der Waals surface area contributed by atoms with Gasteiger partial charge in [-0.15, -0.1) is 11.8 Å². The number of aliphatic carboxylic acids is 1. The molecule has 0 saturated heterocycles. The second-order valence-corrected chi connectivity index (χ2v) is 7.80. The molecule has 0 spiro atoms. The molecule has 0 heterocycles. The summed E-state index contributed by atoms with van der Waals surface area (Å²) < 4.78 is 5.71. The van der Waals surface area contributed by atoms with Gasteiger partial charge in [0.25, 0.3) is 0 Å². The van der Waals surface area contributed by atoms with E-state index in [1.807, 2.05) is 66.7 Å². The summed E-state index contributed by atoms with van der Waals surface area (Å²) in [7, 11) is 0. The van der Waals surface area contributed by atoms with Gasteiger partial charge in [-0.25, -0.2) is 0 Å². The number of aliphatic hydroxyl groups excluding tert-OH is 1. The minimum atomic E-state index is -1.02. The molecule has 6 heteroatoms. The maximum atomic E-state index is 10.7. The van der Waals surface area contributed by atoms with Crippen molar-refractivity contribution < 1.29 is 19.7 Å². The number of hydrogen-bond donors (Lipinski definition) is 3. The Kier molecular flexibility index (Phi) is 7.65. The first-order valence-electron chi connectivity index (χ1n) is 9.48. The van der Waals surface area contributed by atoms with Crippen molar-refractivity contribution in [3.05, 3.63) is 95.6 Å². The highest BCUT2D eigenvalue weighted by Gasteiger charge is 2.11. The van der Waals surface area contributed by atoms with Gasteiger partial charge in [-0.2, -0.15) is 0 Å². The Hall–Kier alpha value is -3.09. The Labute approximate surface area is 179 Å². The maximum Gasteiger partial charge on any atom is 0.306 e. The van der Waals surface area contributed by atoms with Crippen LogP contribution in [0.15, 0.2) is 83.8 Å². The maximum absolute atomic E-state index is 10.7. The number of carboxylic acids is 1. The highest BCUT2D eigenvalue weighted by atomic mass is 32.2. The second-order valence-electron chi connectivity index (χ2n) is 6.75. The number of aliphatic hydroxyl groups is 1. The first-order valence-corrected chi connectivity index (χ1v) is 10.5. The lowest BCUT2D eigenvalue weighted by Gasteiger charge is -2.10. The normalized spacial score (nSPS) is 11.6. The summed E-state index contributed by atoms with van der Waals surface area (Å²) in [5.74, 6) is 0.475. The molecular formula is C24H23NO4S. The van der Waals surface area contributed by atoms with Gasteiger partial charge in [0.05, 0.1) is 18.2 Å². The Morgan fingerprint density at radius 1 is 0.967 bits per heavy atom. The predicted molar refractivity (Wildman–Crippen MR) is 118 cm³/mol. The molecule has 154 valence electrons. The molecule has 0 fully saturated rings. The van der Waals surface area contributed by atoms with Gasteiger partial charge in [0, 0.05) is 10.6 Å². The quantitative estimate of drug-likeness (QED) is 0.319. The van der Waals surface area contributed by atoms with Gasteiger partial charge in [0.2, 0.25) is 0 Å². The number of rotatable bonds is 10. The molecule has 3 aromatic carbocycles. The molecule has 0 bridgehead atoms. The third-order valence-corrected chi connectivity index (χ3v) is 5.55. The van der Waals surface area contributed by atoms with Crippen molar-refractivity contribution in [2.45, 2.75) is 23.2 Å². The Bertz CT molecular complexity index is 972. The van der Waals surface area contributed by atoms with Crippen LogP contribution in [0, 0.1) is 5.41 Å². The van der Waals surface area contributed by atoms with Crippen molar-refractivity contribution in [1.82, 2.24) is 0 Å². The molecule has 0 saturated carbocycles. The van der Waals surface area contributed by atoms with Crippen molar-refractivity contribution in [3.8, 4) is 5.75 Å². The monoisotopic (exact) mass is 421 g/mol. The van der Waals surface area contributed by atoms with Gasteiger partial charge in [0.1, 0.15) is 12.4 Å². The summed E-state index contributed by atoms with van der Waals surface area (Å²) in [4.78, 5) is 11.7. The molecule has 1 atom stereocenters. The molecule has 3 aromatic rings. The van der Waals surface area contributed by atoms with E-state index in [4.69, 9.17) is 15.3 Å². The molecule has 0 aliphatic rings. The van der Waals surface area contributed by atoms with Crippen LogP contribution in [0.25, 0.3) is 0 Å². The van der Waals surface area contributed by atoms with E-state index in [1.165, 1.54) is 0 Å². The molecule has 3 N–H and O–H groups in total. The van der Waals surface area contributed by atoms with Gasteiger partial charge in [-0.05, 0) is 41.0 Å². The van der Waals surface area contributed by atoms with Gasteiger partial charge in [-0.3, -0.25) is 4.79 Å². The standard InChI is InChI=1S/C24H23NO4S/c25-22(18-4-2-1-3-5-18)15-29-20-10-6-17(7-11-20)16-30-21-12-8-19(9-13-21)23(26)14-24(27)28/h1-13,23,25-26H,14-16H2,(H,27,28). The van der Waals surface area contributed by atoms with E-state index in [-0.39, 0.29) is 13.0 Å². The predicted octanol–water partition coefficient (Wildman–Crippen LogP) is 4.93.